The van der Waals surface area contributed by atoms with Crippen molar-refractivity contribution in [1.82, 2.24) is 5.32 Å². The van der Waals surface area contributed by atoms with Crippen LogP contribution in [0.3, 0.4) is 0 Å². The van der Waals surface area contributed by atoms with Crippen LogP contribution in [0, 0.1) is 6.92 Å². The molecule has 134 valence electrons. The van der Waals surface area contributed by atoms with Gasteiger partial charge >= 0.3 is 0 Å². The second-order valence-electron chi connectivity index (χ2n) is 6.89. The summed E-state index contributed by atoms with van der Waals surface area (Å²) in [6, 6.07) is 13.9. The molecule has 0 aliphatic rings. The Hall–Kier alpha value is -2.49. The largest absolute Gasteiger partial charge is 0.493 e. The van der Waals surface area contributed by atoms with Gasteiger partial charge in [-0.1, -0.05) is 49.7 Å². The van der Waals surface area contributed by atoms with E-state index in [0.29, 0.717) is 24.5 Å². The second kappa shape index (κ2) is 8.06. The van der Waals surface area contributed by atoms with Crippen molar-refractivity contribution in [2.45, 2.75) is 32.6 Å². The summed E-state index contributed by atoms with van der Waals surface area (Å²) in [6.45, 7) is 6.78. The number of aryl methyl sites for hydroxylation is 1. The summed E-state index contributed by atoms with van der Waals surface area (Å²) in [6.07, 6.45) is 0.391. The molecule has 4 heteroatoms. The van der Waals surface area contributed by atoms with Crippen LogP contribution in [0.25, 0.3) is 0 Å². The predicted molar refractivity (Wildman–Crippen MR) is 100 cm³/mol. The lowest BCUT2D eigenvalue weighted by atomic mass is 9.84. The van der Waals surface area contributed by atoms with E-state index in [-0.39, 0.29) is 11.3 Å². The van der Waals surface area contributed by atoms with Crippen LogP contribution in [0.1, 0.15) is 30.5 Å². The molecule has 0 saturated heterocycles. The first-order valence-corrected chi connectivity index (χ1v) is 8.40. The molecular formula is C21H27NO3. The molecule has 0 aromatic heterocycles. The number of benzene rings is 2. The molecule has 0 bridgehead atoms. The third kappa shape index (κ3) is 4.99. The standard InChI is InChI=1S/C21H27NO3/c1-15-6-8-16(9-7-15)12-20(23)22-14-21(2,3)17-10-11-18(24-4)19(13-17)25-5/h6-11,13H,12,14H2,1-5H3,(H,22,23). The van der Waals surface area contributed by atoms with E-state index in [2.05, 4.69) is 19.2 Å². The molecule has 2 aromatic rings. The highest BCUT2D eigenvalue weighted by Crippen LogP contribution is 2.32. The van der Waals surface area contributed by atoms with Crippen molar-refractivity contribution in [3.05, 3.63) is 59.2 Å². The van der Waals surface area contributed by atoms with Gasteiger partial charge in [-0.05, 0) is 30.2 Å². The third-order valence-electron chi connectivity index (χ3n) is 4.38. The van der Waals surface area contributed by atoms with Gasteiger partial charge in [0.2, 0.25) is 5.91 Å². The molecule has 0 fully saturated rings. The normalized spacial score (nSPS) is 11.1. The maximum absolute atomic E-state index is 12.2. The average molecular weight is 341 g/mol. The zero-order valence-corrected chi connectivity index (χ0v) is 15.7. The van der Waals surface area contributed by atoms with Crippen LogP contribution < -0.4 is 14.8 Å². The summed E-state index contributed by atoms with van der Waals surface area (Å²) >= 11 is 0. The van der Waals surface area contributed by atoms with Crippen molar-refractivity contribution in [3.63, 3.8) is 0 Å². The monoisotopic (exact) mass is 341 g/mol. The van der Waals surface area contributed by atoms with Crippen molar-refractivity contribution in [3.8, 4) is 11.5 Å². The van der Waals surface area contributed by atoms with Crippen LogP contribution in [-0.2, 0) is 16.6 Å². The fourth-order valence-electron chi connectivity index (χ4n) is 2.63. The summed E-state index contributed by atoms with van der Waals surface area (Å²) in [5, 5.41) is 3.04. The zero-order chi connectivity index (χ0) is 18.4. The molecule has 1 amide bonds. The van der Waals surface area contributed by atoms with Gasteiger partial charge in [0.25, 0.3) is 0 Å². The molecule has 0 unspecified atom stereocenters. The Labute approximate surface area is 150 Å². The van der Waals surface area contributed by atoms with Gasteiger partial charge in [0, 0.05) is 12.0 Å². The molecule has 25 heavy (non-hydrogen) atoms. The summed E-state index contributed by atoms with van der Waals surface area (Å²) < 4.78 is 10.7. The van der Waals surface area contributed by atoms with Crippen molar-refractivity contribution >= 4 is 5.91 Å². The van der Waals surface area contributed by atoms with E-state index in [4.69, 9.17) is 9.47 Å². The molecule has 4 nitrogen and oxygen atoms in total. The van der Waals surface area contributed by atoms with E-state index < -0.39 is 0 Å². The number of amides is 1. The molecular weight excluding hydrogens is 314 g/mol. The number of carbonyl (C=O) groups excluding carboxylic acids is 1. The fraction of sp³-hybridized carbons (Fsp3) is 0.381. The minimum Gasteiger partial charge on any atom is -0.493 e. The molecule has 0 heterocycles. The average Bonchev–Trinajstić information content (AvgIpc) is 2.61. The number of methoxy groups -OCH3 is 2. The highest BCUT2D eigenvalue weighted by molar-refractivity contribution is 5.78. The van der Waals surface area contributed by atoms with Crippen LogP contribution in [0.5, 0.6) is 11.5 Å². The van der Waals surface area contributed by atoms with Crippen molar-refractivity contribution in [2.24, 2.45) is 0 Å². The molecule has 0 aliphatic carbocycles. The summed E-state index contributed by atoms with van der Waals surface area (Å²) in [7, 11) is 3.24. The Morgan fingerprint density at radius 3 is 2.24 bits per heavy atom. The number of carbonyl (C=O) groups is 1. The van der Waals surface area contributed by atoms with Crippen molar-refractivity contribution in [2.75, 3.05) is 20.8 Å². The molecule has 0 spiro atoms. The number of rotatable bonds is 7. The van der Waals surface area contributed by atoms with E-state index in [1.807, 2.05) is 49.4 Å². The second-order valence-corrected chi connectivity index (χ2v) is 6.89. The molecule has 2 aromatic carbocycles. The Bertz CT molecular complexity index is 720. The summed E-state index contributed by atoms with van der Waals surface area (Å²) in [4.78, 5) is 12.2. The van der Waals surface area contributed by atoms with Gasteiger partial charge in [-0.15, -0.1) is 0 Å². The van der Waals surface area contributed by atoms with Crippen LogP contribution in [-0.4, -0.2) is 26.7 Å². The maximum Gasteiger partial charge on any atom is 0.224 e. The van der Waals surface area contributed by atoms with Gasteiger partial charge in [0.15, 0.2) is 11.5 Å². The number of nitrogens with one attached hydrogen (secondary N) is 1. The lowest BCUT2D eigenvalue weighted by Gasteiger charge is -2.26. The van der Waals surface area contributed by atoms with Gasteiger partial charge in [-0.3, -0.25) is 4.79 Å². The van der Waals surface area contributed by atoms with Gasteiger partial charge < -0.3 is 14.8 Å². The lowest BCUT2D eigenvalue weighted by molar-refractivity contribution is -0.120. The van der Waals surface area contributed by atoms with E-state index in [9.17, 15) is 4.79 Å². The van der Waals surface area contributed by atoms with Gasteiger partial charge in [-0.25, -0.2) is 0 Å². The number of hydrogen-bond donors (Lipinski definition) is 1. The highest BCUT2D eigenvalue weighted by atomic mass is 16.5. The lowest BCUT2D eigenvalue weighted by Crippen LogP contribution is -2.37. The number of ether oxygens (including phenoxy) is 2. The Kier molecular flexibility index (Phi) is 6.07. The first-order chi connectivity index (χ1) is 11.9. The molecule has 2 rings (SSSR count). The summed E-state index contributed by atoms with van der Waals surface area (Å²) in [5.74, 6) is 1.42. The van der Waals surface area contributed by atoms with E-state index in [1.165, 1.54) is 5.56 Å². The quantitative estimate of drug-likeness (QED) is 0.836. The first kappa shape index (κ1) is 18.8. The zero-order valence-electron chi connectivity index (χ0n) is 15.7. The molecule has 0 aliphatic heterocycles. The Morgan fingerprint density at radius 1 is 1.00 bits per heavy atom. The molecule has 0 radical (unpaired) electrons. The van der Waals surface area contributed by atoms with Crippen LogP contribution in [0.4, 0.5) is 0 Å². The van der Waals surface area contributed by atoms with Crippen molar-refractivity contribution < 1.29 is 14.3 Å². The third-order valence-corrected chi connectivity index (χ3v) is 4.38. The fourth-order valence-corrected chi connectivity index (χ4v) is 2.63. The predicted octanol–water partition coefficient (Wildman–Crippen LogP) is 3.65. The van der Waals surface area contributed by atoms with Gasteiger partial charge in [0.1, 0.15) is 0 Å². The van der Waals surface area contributed by atoms with Crippen LogP contribution in [0.2, 0.25) is 0 Å². The van der Waals surface area contributed by atoms with Crippen molar-refractivity contribution in [1.29, 1.82) is 0 Å². The van der Waals surface area contributed by atoms with E-state index in [1.54, 1.807) is 14.2 Å². The molecule has 0 saturated carbocycles. The topological polar surface area (TPSA) is 47.6 Å². The molecule has 1 N–H and O–H groups in total. The maximum atomic E-state index is 12.2. The van der Waals surface area contributed by atoms with Crippen LogP contribution in [0.15, 0.2) is 42.5 Å². The Balaban J connectivity index is 2.00. The van der Waals surface area contributed by atoms with E-state index >= 15 is 0 Å². The smallest absolute Gasteiger partial charge is 0.224 e. The minimum atomic E-state index is -0.220. The van der Waals surface area contributed by atoms with Gasteiger partial charge in [-0.2, -0.15) is 0 Å². The first-order valence-electron chi connectivity index (χ1n) is 8.40. The Morgan fingerprint density at radius 2 is 1.64 bits per heavy atom. The van der Waals surface area contributed by atoms with E-state index in [0.717, 1.165) is 11.1 Å². The van der Waals surface area contributed by atoms with Gasteiger partial charge in [0.05, 0.1) is 20.6 Å². The van der Waals surface area contributed by atoms with Crippen LogP contribution >= 0.6 is 0 Å². The summed E-state index contributed by atoms with van der Waals surface area (Å²) in [5.41, 5.74) is 3.08. The number of hydrogen-bond acceptors (Lipinski definition) is 3. The molecule has 0 atom stereocenters. The SMILES string of the molecule is COc1ccc(C(C)(C)CNC(=O)Cc2ccc(C)cc2)cc1OC. The minimum absolute atomic E-state index is 0.0254. The highest BCUT2D eigenvalue weighted by Gasteiger charge is 2.23.